The minimum absolute atomic E-state index is 1.16. The van der Waals surface area contributed by atoms with Gasteiger partial charge in [0.1, 0.15) is 0 Å². The van der Waals surface area contributed by atoms with E-state index in [0.717, 1.165) is 11.4 Å². The highest BCUT2D eigenvalue weighted by atomic mass is 15.0. The Bertz CT molecular complexity index is 3110. The lowest BCUT2D eigenvalue weighted by Crippen LogP contribution is -1.94. The van der Waals surface area contributed by atoms with Crippen LogP contribution in [-0.2, 0) is 0 Å². The van der Waals surface area contributed by atoms with Crippen molar-refractivity contribution < 1.29 is 0 Å². The summed E-state index contributed by atoms with van der Waals surface area (Å²) in [7, 11) is 0. The van der Waals surface area contributed by atoms with Crippen LogP contribution in [0.5, 0.6) is 0 Å². The molecule has 0 amide bonds. The van der Waals surface area contributed by atoms with Gasteiger partial charge in [0.25, 0.3) is 0 Å². The second-order valence-electron chi connectivity index (χ2n) is 13.4. The van der Waals surface area contributed by atoms with Gasteiger partial charge < -0.3 is 13.7 Å². The predicted octanol–water partition coefficient (Wildman–Crippen LogP) is 12.6. The van der Waals surface area contributed by atoms with Crippen molar-refractivity contribution >= 4 is 65.4 Å². The molecule has 11 rings (SSSR count). The summed E-state index contributed by atoms with van der Waals surface area (Å²) in [5.41, 5.74) is 13.1. The van der Waals surface area contributed by atoms with E-state index in [9.17, 15) is 0 Å². The number of nitrogens with zero attached hydrogens (tertiary/aromatic N) is 3. The van der Waals surface area contributed by atoms with Gasteiger partial charge in [-0.2, -0.15) is 0 Å². The van der Waals surface area contributed by atoms with Crippen molar-refractivity contribution in [2.45, 2.75) is 0 Å². The summed E-state index contributed by atoms with van der Waals surface area (Å²) in [5.74, 6) is 0. The lowest BCUT2D eigenvalue weighted by Gasteiger charge is -2.10. The van der Waals surface area contributed by atoms with Crippen molar-refractivity contribution in [2.24, 2.45) is 0 Å². The Balaban J connectivity index is 1.21. The Labute approximate surface area is 294 Å². The summed E-state index contributed by atoms with van der Waals surface area (Å²) in [6.45, 7) is 0. The molecule has 0 aliphatic heterocycles. The second kappa shape index (κ2) is 10.8. The zero-order valence-corrected chi connectivity index (χ0v) is 27.7. The van der Waals surface area contributed by atoms with Gasteiger partial charge in [-0.1, -0.05) is 109 Å². The van der Waals surface area contributed by atoms with Gasteiger partial charge in [-0.15, -0.1) is 0 Å². The number of para-hydroxylation sites is 5. The maximum atomic E-state index is 2.43. The van der Waals surface area contributed by atoms with E-state index in [4.69, 9.17) is 0 Å². The van der Waals surface area contributed by atoms with Gasteiger partial charge in [0.05, 0.1) is 33.1 Å². The summed E-state index contributed by atoms with van der Waals surface area (Å²) in [5, 5.41) is 7.51. The van der Waals surface area contributed by atoms with E-state index in [2.05, 4.69) is 202 Å². The number of aromatic nitrogens is 3. The predicted molar refractivity (Wildman–Crippen MR) is 215 cm³/mol. The first kappa shape index (κ1) is 28.0. The molecule has 0 aliphatic rings. The summed E-state index contributed by atoms with van der Waals surface area (Å²) in [4.78, 5) is 0. The van der Waals surface area contributed by atoms with E-state index in [0.29, 0.717) is 0 Å². The smallest absolute Gasteiger partial charge is 0.0548 e. The van der Waals surface area contributed by atoms with Crippen LogP contribution in [0.15, 0.2) is 188 Å². The minimum atomic E-state index is 1.16. The highest BCUT2D eigenvalue weighted by Crippen LogP contribution is 2.41. The quantitative estimate of drug-likeness (QED) is 0.180. The molecule has 51 heavy (non-hydrogen) atoms. The molecule has 0 aliphatic carbocycles. The Hall–Kier alpha value is -6.84. The summed E-state index contributed by atoms with van der Waals surface area (Å²) in [6.07, 6.45) is 0. The lowest BCUT2D eigenvalue weighted by atomic mass is 10.0. The van der Waals surface area contributed by atoms with E-state index in [1.165, 1.54) is 82.2 Å². The Morgan fingerprint density at radius 2 is 0.569 bits per heavy atom. The third-order valence-corrected chi connectivity index (χ3v) is 10.6. The molecule has 3 nitrogen and oxygen atoms in total. The van der Waals surface area contributed by atoms with Crippen LogP contribution in [0.4, 0.5) is 0 Å². The van der Waals surface area contributed by atoms with Crippen molar-refractivity contribution in [2.75, 3.05) is 0 Å². The summed E-state index contributed by atoms with van der Waals surface area (Å²) >= 11 is 0. The molecule has 3 aromatic heterocycles. The molecule has 0 unspecified atom stereocenters. The molecule has 0 radical (unpaired) electrons. The summed E-state index contributed by atoms with van der Waals surface area (Å²) < 4.78 is 7.24. The van der Waals surface area contributed by atoms with E-state index < -0.39 is 0 Å². The van der Waals surface area contributed by atoms with E-state index in [1.807, 2.05) is 0 Å². The standard InChI is InChI=1S/C48H31N3/c1-4-14-34(15-5-1)49-43-22-12-10-20-37(43)39-26-24-33(29-46(39)49)32-25-27-45-40(28-32)42-31-47-41(30-48(42)51(45)36-18-8-3-9-19-36)38-21-11-13-23-44(38)50(47)35-16-6-2-7-17-35/h1-31H. The molecular weight excluding hydrogens is 619 g/mol. The molecule has 3 heteroatoms. The first-order valence-corrected chi connectivity index (χ1v) is 17.5. The van der Waals surface area contributed by atoms with Crippen LogP contribution in [0.25, 0.3) is 93.6 Å². The van der Waals surface area contributed by atoms with Crippen molar-refractivity contribution in [3.05, 3.63) is 188 Å². The zero-order chi connectivity index (χ0) is 33.5. The second-order valence-corrected chi connectivity index (χ2v) is 13.4. The van der Waals surface area contributed by atoms with Crippen molar-refractivity contribution in [1.29, 1.82) is 0 Å². The van der Waals surface area contributed by atoms with E-state index in [1.54, 1.807) is 0 Å². The monoisotopic (exact) mass is 649 g/mol. The lowest BCUT2D eigenvalue weighted by molar-refractivity contribution is 1.17. The Morgan fingerprint density at radius 3 is 1.12 bits per heavy atom. The van der Waals surface area contributed by atoms with E-state index in [-0.39, 0.29) is 0 Å². The fourth-order valence-electron chi connectivity index (χ4n) is 8.38. The van der Waals surface area contributed by atoms with Gasteiger partial charge in [0, 0.05) is 49.4 Å². The molecule has 0 saturated carbocycles. The van der Waals surface area contributed by atoms with Gasteiger partial charge in [0.2, 0.25) is 0 Å². The third-order valence-electron chi connectivity index (χ3n) is 10.6. The molecule has 0 N–H and O–H groups in total. The fourth-order valence-corrected chi connectivity index (χ4v) is 8.38. The number of rotatable bonds is 4. The molecule has 0 atom stereocenters. The largest absolute Gasteiger partial charge is 0.309 e. The average molecular weight is 650 g/mol. The first-order valence-electron chi connectivity index (χ1n) is 17.5. The molecule has 0 fully saturated rings. The van der Waals surface area contributed by atoms with Crippen molar-refractivity contribution in [3.8, 4) is 28.2 Å². The van der Waals surface area contributed by atoms with Gasteiger partial charge in [-0.3, -0.25) is 0 Å². The van der Waals surface area contributed by atoms with Gasteiger partial charge in [0.15, 0.2) is 0 Å². The van der Waals surface area contributed by atoms with Crippen LogP contribution in [0, 0.1) is 0 Å². The van der Waals surface area contributed by atoms with Crippen LogP contribution in [0.2, 0.25) is 0 Å². The number of fused-ring (bicyclic) bond motifs is 9. The topological polar surface area (TPSA) is 14.8 Å². The Morgan fingerprint density at radius 1 is 0.216 bits per heavy atom. The van der Waals surface area contributed by atoms with Crippen LogP contribution in [0.3, 0.4) is 0 Å². The van der Waals surface area contributed by atoms with Gasteiger partial charge in [-0.25, -0.2) is 0 Å². The molecule has 8 aromatic carbocycles. The number of benzene rings is 8. The average Bonchev–Trinajstić information content (AvgIpc) is 3.82. The molecule has 0 bridgehead atoms. The number of hydrogen-bond donors (Lipinski definition) is 0. The normalized spacial score (nSPS) is 11.9. The van der Waals surface area contributed by atoms with Crippen molar-refractivity contribution in [3.63, 3.8) is 0 Å². The molecule has 11 aromatic rings. The molecule has 3 heterocycles. The van der Waals surface area contributed by atoms with Gasteiger partial charge >= 0.3 is 0 Å². The maximum absolute atomic E-state index is 2.43. The highest BCUT2D eigenvalue weighted by molar-refractivity contribution is 6.19. The molecule has 0 spiro atoms. The minimum Gasteiger partial charge on any atom is -0.309 e. The van der Waals surface area contributed by atoms with Crippen LogP contribution < -0.4 is 0 Å². The van der Waals surface area contributed by atoms with E-state index >= 15 is 0 Å². The van der Waals surface area contributed by atoms with Crippen LogP contribution in [-0.4, -0.2) is 13.7 Å². The van der Waals surface area contributed by atoms with Crippen LogP contribution >= 0.6 is 0 Å². The van der Waals surface area contributed by atoms with Crippen LogP contribution in [0.1, 0.15) is 0 Å². The maximum Gasteiger partial charge on any atom is 0.0548 e. The first-order chi connectivity index (χ1) is 25.3. The molecule has 0 saturated heterocycles. The SMILES string of the molecule is c1ccc(-n2c3ccccc3c3ccc(-c4ccc5c(c4)c4cc6c(cc4n5-c4ccccc4)c4ccccc4n6-c4ccccc4)cc32)cc1. The molecular formula is C48H31N3. The number of hydrogen-bond acceptors (Lipinski definition) is 0. The van der Waals surface area contributed by atoms with Crippen molar-refractivity contribution in [1.82, 2.24) is 13.7 Å². The fraction of sp³-hybridized carbons (Fsp3) is 0. The summed E-state index contributed by atoms with van der Waals surface area (Å²) in [6, 6.07) is 68.4. The van der Waals surface area contributed by atoms with Gasteiger partial charge in [-0.05, 0) is 90.0 Å². The molecule has 238 valence electrons. The third kappa shape index (κ3) is 4.12. The Kier molecular flexibility index (Phi) is 5.96. The highest BCUT2D eigenvalue weighted by Gasteiger charge is 2.19. The zero-order valence-electron chi connectivity index (χ0n) is 27.7.